The Labute approximate surface area is 101 Å². The van der Waals surface area contributed by atoms with Gasteiger partial charge in [-0.3, -0.25) is 0 Å². The Balaban J connectivity index is 2.71. The maximum Gasteiger partial charge on any atom is 0.123 e. The van der Waals surface area contributed by atoms with Crippen LogP contribution in [0, 0.1) is 11.7 Å². The molecule has 1 unspecified atom stereocenters. The predicted octanol–water partition coefficient (Wildman–Crippen LogP) is 4.02. The quantitative estimate of drug-likeness (QED) is 0.787. The molecule has 0 amide bonds. The van der Waals surface area contributed by atoms with Gasteiger partial charge in [0.15, 0.2) is 0 Å². The normalized spacial score (nSPS) is 13.1. The molecule has 0 radical (unpaired) electrons. The van der Waals surface area contributed by atoms with Crippen LogP contribution in [0.25, 0.3) is 0 Å². The van der Waals surface area contributed by atoms with Crippen molar-refractivity contribution in [1.29, 1.82) is 0 Å². The zero-order valence-corrected chi connectivity index (χ0v) is 10.9. The first kappa shape index (κ1) is 13.5. The van der Waals surface area contributed by atoms with E-state index in [-0.39, 0.29) is 5.82 Å². The number of thioether (sulfide) groups is 1. The van der Waals surface area contributed by atoms with Crippen LogP contribution in [-0.4, -0.2) is 10.9 Å². The van der Waals surface area contributed by atoms with Gasteiger partial charge in [-0.1, -0.05) is 13.8 Å². The summed E-state index contributed by atoms with van der Waals surface area (Å²) >= 11 is 1.69. The lowest BCUT2D eigenvalue weighted by atomic mass is 10.1. The maximum atomic E-state index is 13.0. The SMILES string of the molecule is CC(C)CCSc1ccc(F)cc1C(C)O. The summed E-state index contributed by atoms with van der Waals surface area (Å²) in [6, 6.07) is 4.62. The van der Waals surface area contributed by atoms with Gasteiger partial charge in [0.1, 0.15) is 5.82 Å². The predicted molar refractivity (Wildman–Crippen MR) is 67.2 cm³/mol. The van der Waals surface area contributed by atoms with Gasteiger partial charge in [-0.2, -0.15) is 0 Å². The molecule has 1 aromatic rings. The summed E-state index contributed by atoms with van der Waals surface area (Å²) in [7, 11) is 0. The second kappa shape index (κ2) is 6.26. The third kappa shape index (κ3) is 4.14. The van der Waals surface area contributed by atoms with Gasteiger partial charge < -0.3 is 5.11 Å². The molecule has 0 aromatic heterocycles. The van der Waals surface area contributed by atoms with Crippen molar-refractivity contribution in [2.75, 3.05) is 5.75 Å². The maximum absolute atomic E-state index is 13.0. The minimum Gasteiger partial charge on any atom is -0.389 e. The first-order chi connectivity index (χ1) is 7.50. The molecule has 0 spiro atoms. The Morgan fingerprint density at radius 3 is 2.56 bits per heavy atom. The molecule has 0 saturated carbocycles. The molecule has 0 saturated heterocycles. The van der Waals surface area contributed by atoms with E-state index in [0.717, 1.165) is 17.1 Å². The molecule has 3 heteroatoms. The van der Waals surface area contributed by atoms with Crippen LogP contribution < -0.4 is 0 Å². The van der Waals surface area contributed by atoms with E-state index in [1.54, 1.807) is 24.8 Å². The van der Waals surface area contributed by atoms with Crippen molar-refractivity contribution in [1.82, 2.24) is 0 Å². The molecule has 1 N–H and O–H groups in total. The molecule has 0 heterocycles. The fourth-order valence-electron chi connectivity index (χ4n) is 1.38. The lowest BCUT2D eigenvalue weighted by molar-refractivity contribution is 0.196. The zero-order valence-electron chi connectivity index (χ0n) is 10.0. The highest BCUT2D eigenvalue weighted by molar-refractivity contribution is 7.99. The summed E-state index contributed by atoms with van der Waals surface area (Å²) in [6.45, 7) is 6.03. The lowest BCUT2D eigenvalue weighted by Gasteiger charge is -2.12. The van der Waals surface area contributed by atoms with Crippen molar-refractivity contribution in [3.05, 3.63) is 29.6 Å². The molecule has 16 heavy (non-hydrogen) atoms. The Hall–Kier alpha value is -0.540. The number of halogens is 1. The van der Waals surface area contributed by atoms with Crippen molar-refractivity contribution in [2.45, 2.75) is 38.2 Å². The molecule has 0 bridgehead atoms. The summed E-state index contributed by atoms with van der Waals surface area (Å²) in [5.74, 6) is 1.38. The summed E-state index contributed by atoms with van der Waals surface area (Å²) < 4.78 is 13.0. The Morgan fingerprint density at radius 2 is 2.00 bits per heavy atom. The average Bonchev–Trinajstić information content (AvgIpc) is 2.19. The summed E-state index contributed by atoms with van der Waals surface area (Å²) in [6.07, 6.45) is 0.513. The van der Waals surface area contributed by atoms with E-state index in [0.29, 0.717) is 11.5 Å². The van der Waals surface area contributed by atoms with Gasteiger partial charge in [-0.15, -0.1) is 11.8 Å². The molecule has 1 aromatic carbocycles. The minimum atomic E-state index is -0.614. The highest BCUT2D eigenvalue weighted by Gasteiger charge is 2.09. The molecule has 0 aliphatic rings. The van der Waals surface area contributed by atoms with Crippen molar-refractivity contribution in [2.24, 2.45) is 5.92 Å². The Bertz CT molecular complexity index is 337. The van der Waals surface area contributed by atoms with E-state index in [1.165, 1.54) is 12.1 Å². The van der Waals surface area contributed by atoms with E-state index in [4.69, 9.17) is 0 Å². The van der Waals surface area contributed by atoms with Gasteiger partial charge in [-0.05, 0) is 48.8 Å². The highest BCUT2D eigenvalue weighted by atomic mass is 32.2. The van der Waals surface area contributed by atoms with Crippen molar-refractivity contribution < 1.29 is 9.50 Å². The molecule has 0 aliphatic carbocycles. The van der Waals surface area contributed by atoms with Gasteiger partial charge in [-0.25, -0.2) is 4.39 Å². The molecule has 1 rings (SSSR count). The highest BCUT2D eigenvalue weighted by Crippen LogP contribution is 2.29. The first-order valence-corrected chi connectivity index (χ1v) is 6.59. The number of rotatable bonds is 5. The van der Waals surface area contributed by atoms with Crippen LogP contribution in [0.15, 0.2) is 23.1 Å². The van der Waals surface area contributed by atoms with Crippen molar-refractivity contribution >= 4 is 11.8 Å². The largest absolute Gasteiger partial charge is 0.389 e. The average molecular weight is 242 g/mol. The number of hydrogen-bond acceptors (Lipinski definition) is 2. The van der Waals surface area contributed by atoms with E-state index in [9.17, 15) is 9.50 Å². The lowest BCUT2D eigenvalue weighted by Crippen LogP contribution is -1.97. The van der Waals surface area contributed by atoms with Gasteiger partial charge in [0.05, 0.1) is 6.10 Å². The number of aliphatic hydroxyl groups is 1. The molecular formula is C13H19FOS. The monoisotopic (exact) mass is 242 g/mol. The molecule has 90 valence electrons. The Morgan fingerprint density at radius 1 is 1.31 bits per heavy atom. The summed E-state index contributed by atoms with van der Waals surface area (Å²) in [5, 5.41) is 9.56. The van der Waals surface area contributed by atoms with Crippen LogP contribution in [0.4, 0.5) is 4.39 Å². The fourth-order valence-corrected chi connectivity index (χ4v) is 2.75. The summed E-state index contributed by atoms with van der Waals surface area (Å²) in [4.78, 5) is 0.983. The standard InChI is InChI=1S/C13H19FOS/c1-9(2)6-7-16-13-5-4-11(14)8-12(13)10(3)15/h4-5,8-10,15H,6-7H2,1-3H3. The topological polar surface area (TPSA) is 20.2 Å². The van der Waals surface area contributed by atoms with Crippen LogP contribution in [-0.2, 0) is 0 Å². The van der Waals surface area contributed by atoms with E-state index >= 15 is 0 Å². The smallest absolute Gasteiger partial charge is 0.123 e. The molecule has 1 nitrogen and oxygen atoms in total. The molecular weight excluding hydrogens is 223 g/mol. The second-order valence-corrected chi connectivity index (χ2v) is 5.53. The Kier molecular flexibility index (Phi) is 5.29. The number of hydrogen-bond donors (Lipinski definition) is 1. The van der Waals surface area contributed by atoms with E-state index < -0.39 is 6.10 Å². The third-order valence-electron chi connectivity index (χ3n) is 2.37. The molecule has 0 fully saturated rings. The van der Waals surface area contributed by atoms with Crippen LogP contribution in [0.1, 0.15) is 38.9 Å². The molecule has 1 atom stereocenters. The van der Waals surface area contributed by atoms with Crippen LogP contribution in [0.3, 0.4) is 0 Å². The van der Waals surface area contributed by atoms with Gasteiger partial charge in [0.2, 0.25) is 0 Å². The first-order valence-electron chi connectivity index (χ1n) is 5.61. The molecule has 0 aliphatic heterocycles. The number of aliphatic hydroxyl groups excluding tert-OH is 1. The van der Waals surface area contributed by atoms with Crippen LogP contribution >= 0.6 is 11.8 Å². The van der Waals surface area contributed by atoms with E-state index in [2.05, 4.69) is 13.8 Å². The van der Waals surface area contributed by atoms with Gasteiger partial charge in [0, 0.05) is 4.90 Å². The van der Waals surface area contributed by atoms with Gasteiger partial charge >= 0.3 is 0 Å². The van der Waals surface area contributed by atoms with E-state index in [1.807, 2.05) is 0 Å². The summed E-state index contributed by atoms with van der Waals surface area (Å²) in [5.41, 5.74) is 0.689. The van der Waals surface area contributed by atoms with Crippen molar-refractivity contribution in [3.8, 4) is 0 Å². The fraction of sp³-hybridized carbons (Fsp3) is 0.538. The number of benzene rings is 1. The third-order valence-corrected chi connectivity index (χ3v) is 3.50. The van der Waals surface area contributed by atoms with Crippen LogP contribution in [0.5, 0.6) is 0 Å². The van der Waals surface area contributed by atoms with Crippen molar-refractivity contribution in [3.63, 3.8) is 0 Å². The minimum absolute atomic E-state index is 0.288. The van der Waals surface area contributed by atoms with Gasteiger partial charge in [0.25, 0.3) is 0 Å². The second-order valence-electron chi connectivity index (χ2n) is 4.39. The van der Waals surface area contributed by atoms with Crippen LogP contribution in [0.2, 0.25) is 0 Å². The zero-order chi connectivity index (χ0) is 12.1.